The number of nitrogens with zero attached hydrogens (tertiary/aromatic N) is 1. The van der Waals surface area contributed by atoms with Crippen molar-refractivity contribution in [1.82, 2.24) is 4.90 Å². The first-order chi connectivity index (χ1) is 10.7. The molecule has 0 unspecified atom stereocenters. The molecule has 0 aromatic carbocycles. The highest BCUT2D eigenvalue weighted by molar-refractivity contribution is 7.75. The molecule has 6 heteroatoms. The maximum atomic E-state index is 9.10. The van der Waals surface area contributed by atoms with Gasteiger partial charge in [-0.25, -0.2) is 9.59 Å². The molecule has 23 heavy (non-hydrogen) atoms. The Morgan fingerprint density at radius 2 is 1.09 bits per heavy atom. The molecule has 0 spiro atoms. The molecular formula is C17H37NO4P+. The second-order valence-electron chi connectivity index (χ2n) is 6.40. The highest BCUT2D eigenvalue weighted by Gasteiger charge is 2.35. The van der Waals surface area contributed by atoms with Crippen LogP contribution in [0.4, 0.5) is 0 Å². The van der Waals surface area contributed by atoms with Crippen molar-refractivity contribution in [3.05, 3.63) is 0 Å². The van der Waals surface area contributed by atoms with E-state index < -0.39 is 19.2 Å². The first-order valence-electron chi connectivity index (χ1n) is 8.70. The zero-order valence-electron chi connectivity index (χ0n) is 15.7. The third kappa shape index (κ3) is 14.6. The lowest BCUT2D eigenvalue weighted by atomic mass is 10.4. The lowest BCUT2D eigenvalue weighted by molar-refractivity contribution is -0.159. The Bertz CT molecular complexity index is 288. The van der Waals surface area contributed by atoms with Crippen LogP contribution in [0.25, 0.3) is 0 Å². The number of carboxylic acids is 2. The summed E-state index contributed by atoms with van der Waals surface area (Å²) in [5, 5.41) is 14.8. The van der Waals surface area contributed by atoms with Crippen LogP contribution in [0.5, 0.6) is 0 Å². The Morgan fingerprint density at radius 3 is 1.26 bits per heavy atom. The normalized spacial score (nSPS) is 11.0. The molecule has 5 nitrogen and oxygen atoms in total. The van der Waals surface area contributed by atoms with Gasteiger partial charge in [0.05, 0.1) is 18.5 Å². The van der Waals surface area contributed by atoms with E-state index in [-0.39, 0.29) is 0 Å². The van der Waals surface area contributed by atoms with Crippen LogP contribution in [0.3, 0.4) is 0 Å². The molecule has 0 radical (unpaired) electrons. The van der Waals surface area contributed by atoms with Crippen LogP contribution in [0, 0.1) is 0 Å². The molecule has 0 saturated heterocycles. The number of hydrogen-bond acceptors (Lipinski definition) is 3. The van der Waals surface area contributed by atoms with Gasteiger partial charge in [-0.3, -0.25) is 4.90 Å². The monoisotopic (exact) mass is 350 g/mol. The van der Waals surface area contributed by atoms with Crippen molar-refractivity contribution in [2.24, 2.45) is 0 Å². The van der Waals surface area contributed by atoms with Gasteiger partial charge < -0.3 is 10.2 Å². The minimum Gasteiger partial charge on any atom is -0.473 e. The van der Waals surface area contributed by atoms with Crippen molar-refractivity contribution in [2.45, 2.75) is 59.3 Å². The van der Waals surface area contributed by atoms with Crippen molar-refractivity contribution >= 4 is 19.2 Å². The van der Waals surface area contributed by atoms with Gasteiger partial charge in [0.15, 0.2) is 0 Å². The number of aliphatic carboxylic acids is 2. The lowest BCUT2D eigenvalue weighted by Gasteiger charge is -2.30. The number of carboxylic acid groups (broad SMARTS) is 2. The van der Waals surface area contributed by atoms with Crippen LogP contribution >= 0.6 is 7.26 Å². The molecule has 0 aromatic rings. The largest absolute Gasteiger partial charge is 0.473 e. The van der Waals surface area contributed by atoms with Gasteiger partial charge in [0.25, 0.3) is 0 Å². The molecule has 0 aliphatic carbocycles. The van der Waals surface area contributed by atoms with E-state index in [1.54, 1.807) is 18.5 Å². The second kappa shape index (κ2) is 14.9. The molecule has 0 atom stereocenters. The summed E-state index contributed by atoms with van der Waals surface area (Å²) < 4.78 is 0. The molecular weight excluding hydrogens is 313 g/mol. The average molecular weight is 350 g/mol. The number of carbonyl (C=O) groups is 2. The van der Waals surface area contributed by atoms with Gasteiger partial charge in [0.1, 0.15) is 6.29 Å². The lowest BCUT2D eigenvalue weighted by Crippen LogP contribution is -2.23. The van der Waals surface area contributed by atoms with Crippen molar-refractivity contribution in [3.8, 4) is 0 Å². The molecule has 0 aliphatic rings. The van der Waals surface area contributed by atoms with Crippen LogP contribution in [0.15, 0.2) is 0 Å². The summed E-state index contributed by atoms with van der Waals surface area (Å²) in [6.45, 7) is 7.01. The summed E-state index contributed by atoms with van der Waals surface area (Å²) in [7, 11) is 3.85. The van der Waals surface area contributed by atoms with E-state index in [9.17, 15) is 0 Å². The van der Waals surface area contributed by atoms with Crippen LogP contribution in [0.2, 0.25) is 0 Å². The Labute approximate surface area is 142 Å². The van der Waals surface area contributed by atoms with E-state index in [1.165, 1.54) is 44.8 Å². The summed E-state index contributed by atoms with van der Waals surface area (Å²) in [6, 6.07) is 0. The van der Waals surface area contributed by atoms with Crippen molar-refractivity contribution in [1.29, 1.82) is 0 Å². The Hall–Kier alpha value is -0.670. The van der Waals surface area contributed by atoms with Gasteiger partial charge in [-0.15, -0.1) is 0 Å². The summed E-state index contributed by atoms with van der Waals surface area (Å²) in [6.07, 6.45) is 14.5. The van der Waals surface area contributed by atoms with Crippen molar-refractivity contribution in [2.75, 3.05) is 38.9 Å². The zero-order chi connectivity index (χ0) is 18.3. The number of rotatable bonds is 11. The van der Waals surface area contributed by atoms with E-state index >= 15 is 0 Å². The minimum absolute atomic E-state index is 0.676. The fourth-order valence-electron chi connectivity index (χ4n) is 2.63. The van der Waals surface area contributed by atoms with E-state index in [2.05, 4.69) is 39.8 Å². The van der Waals surface area contributed by atoms with E-state index in [1.807, 2.05) is 0 Å². The average Bonchev–Trinajstić information content (AvgIpc) is 2.48. The van der Waals surface area contributed by atoms with E-state index in [0.29, 0.717) is 0 Å². The molecule has 2 N–H and O–H groups in total. The third-order valence-electron chi connectivity index (χ3n) is 3.72. The van der Waals surface area contributed by atoms with Crippen LogP contribution < -0.4 is 0 Å². The summed E-state index contributed by atoms with van der Waals surface area (Å²) >= 11 is 0. The third-order valence-corrected chi connectivity index (χ3v) is 8.68. The van der Waals surface area contributed by atoms with Crippen LogP contribution in [0.1, 0.15) is 59.3 Å². The fourth-order valence-corrected chi connectivity index (χ4v) is 7.88. The molecule has 0 bridgehead atoms. The smallest absolute Gasteiger partial charge is 0.414 e. The molecule has 0 heterocycles. The maximum absolute atomic E-state index is 9.10. The molecule has 0 aliphatic heterocycles. The molecule has 0 aromatic heterocycles. The first kappa shape index (κ1) is 24.6. The number of hydrogen-bond donors (Lipinski definition) is 2. The fraction of sp³-hybridized carbons (Fsp3) is 0.882. The Balaban J connectivity index is 0. The van der Waals surface area contributed by atoms with E-state index in [0.717, 1.165) is 0 Å². The highest BCUT2D eigenvalue weighted by atomic mass is 31.2. The quantitative estimate of drug-likeness (QED) is 0.434. The predicted molar refractivity (Wildman–Crippen MR) is 100 cm³/mol. The predicted octanol–water partition coefficient (Wildman–Crippen LogP) is 4.08. The zero-order valence-corrected chi connectivity index (χ0v) is 16.6. The van der Waals surface area contributed by atoms with Crippen molar-refractivity contribution in [3.63, 3.8) is 0 Å². The van der Waals surface area contributed by atoms with Gasteiger partial charge in [0.2, 0.25) is 0 Å². The maximum Gasteiger partial charge on any atom is 0.414 e. The minimum atomic E-state index is -1.82. The van der Waals surface area contributed by atoms with Crippen LogP contribution in [-0.4, -0.2) is 65.9 Å². The highest BCUT2D eigenvalue weighted by Crippen LogP contribution is 2.60. The van der Waals surface area contributed by atoms with Gasteiger partial charge in [-0.05, 0) is 33.4 Å². The van der Waals surface area contributed by atoms with E-state index in [4.69, 9.17) is 19.8 Å². The molecule has 0 amide bonds. The summed E-state index contributed by atoms with van der Waals surface area (Å²) in [4.78, 5) is 20.7. The molecule has 138 valence electrons. The van der Waals surface area contributed by atoms with Gasteiger partial charge >= 0.3 is 11.9 Å². The molecule has 0 fully saturated rings. The first-order valence-corrected chi connectivity index (χ1v) is 11.2. The van der Waals surface area contributed by atoms with Crippen LogP contribution in [-0.2, 0) is 9.59 Å². The van der Waals surface area contributed by atoms with Gasteiger partial charge in [0, 0.05) is 7.26 Å². The SMILES string of the molecule is CCCC[P+](CCCC)(CCCC)CN(C)C.O=C(O)C(=O)O. The molecule has 0 saturated carbocycles. The Morgan fingerprint density at radius 1 is 0.783 bits per heavy atom. The standard InChI is InChI=1S/C15H35NP.C2H2O4/c1-6-9-12-17(13-10-7-2,14-11-8-3)15-16(4)5;3-1(4)2(5)6/h6-15H2,1-5H3;(H,3,4)(H,5,6)/q+1;. The summed E-state index contributed by atoms with van der Waals surface area (Å²) in [5.74, 6) is -3.65. The van der Waals surface area contributed by atoms with Crippen molar-refractivity contribution < 1.29 is 19.8 Å². The number of unbranched alkanes of at least 4 members (excludes halogenated alkanes) is 3. The Kier molecular flexibility index (Phi) is 15.9. The molecule has 0 rings (SSSR count). The van der Waals surface area contributed by atoms with Gasteiger partial charge in [-0.1, -0.05) is 40.0 Å². The summed E-state index contributed by atoms with van der Waals surface area (Å²) in [5.41, 5.74) is 0. The van der Waals surface area contributed by atoms with Gasteiger partial charge in [-0.2, -0.15) is 0 Å². The second-order valence-corrected chi connectivity index (χ2v) is 10.7. The topological polar surface area (TPSA) is 77.8 Å².